The van der Waals surface area contributed by atoms with Gasteiger partial charge in [-0.3, -0.25) is 19.9 Å². The van der Waals surface area contributed by atoms with E-state index in [4.69, 9.17) is 46.4 Å². The van der Waals surface area contributed by atoms with Crippen LogP contribution in [0.5, 0.6) is 23.0 Å². The number of aromatic hydroxyl groups is 4. The molecular weight excluding hydrogens is 785 g/mol. The number of aromatic nitrogens is 4. The molecule has 4 N–H and O–H groups in total. The van der Waals surface area contributed by atoms with Crippen LogP contribution in [0, 0.1) is 0 Å². The summed E-state index contributed by atoms with van der Waals surface area (Å²) in [6, 6.07) is 27.2. The number of nitrogens with zero attached hydrogens (tertiary/aromatic N) is 4. The average molecular weight is 810 g/mol. The second-order valence-electron chi connectivity index (χ2n) is 9.86. The molecule has 0 fully saturated rings. The molecule has 8 rings (SSSR count). The van der Waals surface area contributed by atoms with E-state index in [1.807, 2.05) is 24.3 Å². The third-order valence-electron chi connectivity index (χ3n) is 6.78. The smallest absolute Gasteiger partial charge is 0.141 e. The standard InChI is InChI=1S/4C9H6ClNO.Zr/c4*10-7-3-4-8(12)9-6(7)2-1-5-11-9;/h4*1-5,12H;. The van der Waals surface area contributed by atoms with Crippen molar-refractivity contribution in [3.63, 3.8) is 0 Å². The fraction of sp³-hybridized carbons (Fsp3) is 0. The zero-order valence-corrected chi connectivity index (χ0v) is 30.6. The van der Waals surface area contributed by atoms with E-state index in [0.717, 1.165) is 21.5 Å². The summed E-state index contributed by atoms with van der Waals surface area (Å²) in [7, 11) is 0. The van der Waals surface area contributed by atoms with Crippen molar-refractivity contribution in [1.82, 2.24) is 19.9 Å². The molecule has 0 amide bonds. The number of phenolic OH excluding ortho intramolecular Hbond substituents is 4. The fourth-order valence-corrected chi connectivity index (χ4v) is 5.35. The molecule has 4 aromatic carbocycles. The molecule has 244 valence electrons. The summed E-state index contributed by atoms with van der Waals surface area (Å²) in [5, 5.41) is 43.0. The molecule has 0 atom stereocenters. The van der Waals surface area contributed by atoms with Crippen molar-refractivity contribution in [3.8, 4) is 23.0 Å². The molecule has 0 saturated heterocycles. The van der Waals surface area contributed by atoms with E-state index in [1.165, 1.54) is 24.3 Å². The van der Waals surface area contributed by atoms with Gasteiger partial charge in [-0.05, 0) is 97.1 Å². The van der Waals surface area contributed by atoms with Gasteiger partial charge in [0.2, 0.25) is 0 Å². The van der Waals surface area contributed by atoms with Crippen LogP contribution in [0.1, 0.15) is 0 Å². The maximum atomic E-state index is 9.37. The minimum Gasteiger partial charge on any atom is -0.506 e. The Labute approximate surface area is 319 Å². The van der Waals surface area contributed by atoms with E-state index in [-0.39, 0.29) is 49.2 Å². The summed E-state index contributed by atoms with van der Waals surface area (Å²) < 4.78 is 0. The molecule has 8 aromatic rings. The summed E-state index contributed by atoms with van der Waals surface area (Å²) in [4.78, 5) is 16.0. The van der Waals surface area contributed by atoms with E-state index in [2.05, 4.69) is 19.9 Å². The maximum absolute atomic E-state index is 9.37. The Bertz CT molecular complexity index is 1890. The van der Waals surface area contributed by atoms with Crippen LogP contribution in [0.2, 0.25) is 20.1 Å². The van der Waals surface area contributed by atoms with Crippen LogP contribution in [-0.2, 0) is 26.2 Å². The van der Waals surface area contributed by atoms with Crippen molar-refractivity contribution in [3.05, 3.63) is 142 Å². The quantitative estimate of drug-likeness (QED) is 0.119. The molecule has 49 heavy (non-hydrogen) atoms. The van der Waals surface area contributed by atoms with Crippen LogP contribution >= 0.6 is 46.4 Å². The number of rotatable bonds is 0. The Morgan fingerprint density at radius 1 is 0.327 bits per heavy atom. The number of fused-ring (bicyclic) bond motifs is 4. The van der Waals surface area contributed by atoms with Gasteiger partial charge in [0, 0.05) is 72.5 Å². The van der Waals surface area contributed by atoms with Crippen molar-refractivity contribution in [2.24, 2.45) is 0 Å². The minimum atomic E-state index is 0. The molecule has 0 saturated carbocycles. The third-order valence-corrected chi connectivity index (χ3v) is 8.10. The first-order valence-electron chi connectivity index (χ1n) is 14.0. The van der Waals surface area contributed by atoms with E-state index >= 15 is 0 Å². The molecule has 0 bridgehead atoms. The topological polar surface area (TPSA) is 132 Å². The number of halogens is 4. The predicted molar refractivity (Wildman–Crippen MR) is 194 cm³/mol. The van der Waals surface area contributed by atoms with Gasteiger partial charge in [-0.25, -0.2) is 0 Å². The zero-order chi connectivity index (χ0) is 34.2. The van der Waals surface area contributed by atoms with Crippen LogP contribution in [-0.4, -0.2) is 40.4 Å². The molecule has 0 radical (unpaired) electrons. The second kappa shape index (κ2) is 17.4. The van der Waals surface area contributed by atoms with Crippen LogP contribution in [0.3, 0.4) is 0 Å². The van der Waals surface area contributed by atoms with Crippen molar-refractivity contribution in [2.75, 3.05) is 0 Å². The molecule has 8 nitrogen and oxygen atoms in total. The summed E-state index contributed by atoms with van der Waals surface area (Å²) in [6.45, 7) is 0. The second-order valence-corrected chi connectivity index (χ2v) is 11.5. The Balaban J connectivity index is 0.000000146. The Kier molecular flexibility index (Phi) is 13.4. The number of benzene rings is 4. The molecule has 0 aliphatic heterocycles. The number of hydrogen-bond donors (Lipinski definition) is 4. The van der Waals surface area contributed by atoms with Gasteiger partial charge in [0.05, 0.1) is 20.1 Å². The molecule has 4 aromatic heterocycles. The molecule has 13 heteroatoms. The first-order chi connectivity index (χ1) is 23.2. The third kappa shape index (κ3) is 9.06. The summed E-state index contributed by atoms with van der Waals surface area (Å²) >= 11 is 23.5. The minimum absolute atomic E-state index is 0. The van der Waals surface area contributed by atoms with Crippen LogP contribution in [0.4, 0.5) is 0 Å². The van der Waals surface area contributed by atoms with Crippen LogP contribution < -0.4 is 0 Å². The van der Waals surface area contributed by atoms with Crippen LogP contribution in [0.15, 0.2) is 122 Å². The summed E-state index contributed by atoms with van der Waals surface area (Å²) in [5.74, 6) is 0.648. The van der Waals surface area contributed by atoms with Gasteiger partial charge >= 0.3 is 0 Å². The van der Waals surface area contributed by atoms with Crippen molar-refractivity contribution >= 4 is 90.0 Å². The van der Waals surface area contributed by atoms with Gasteiger partial charge in [0.15, 0.2) is 0 Å². The first kappa shape index (κ1) is 37.6. The van der Waals surface area contributed by atoms with Crippen molar-refractivity contribution in [1.29, 1.82) is 0 Å². The van der Waals surface area contributed by atoms with E-state index < -0.39 is 0 Å². The Morgan fingerprint density at radius 3 is 0.714 bits per heavy atom. The van der Waals surface area contributed by atoms with Crippen molar-refractivity contribution < 1.29 is 46.6 Å². The van der Waals surface area contributed by atoms with Gasteiger partial charge in [-0.2, -0.15) is 0 Å². The van der Waals surface area contributed by atoms with Gasteiger partial charge in [0.25, 0.3) is 0 Å². The van der Waals surface area contributed by atoms with Gasteiger partial charge in [0.1, 0.15) is 45.1 Å². The SMILES string of the molecule is Oc1ccc(Cl)c2cccnc12.Oc1ccc(Cl)c2cccnc12.Oc1ccc(Cl)c2cccnc12.Oc1ccc(Cl)c2cccnc12.[Zr]. The first-order valence-corrected chi connectivity index (χ1v) is 15.6. The number of phenols is 4. The Morgan fingerprint density at radius 2 is 0.531 bits per heavy atom. The summed E-state index contributed by atoms with van der Waals surface area (Å²) in [5.41, 5.74) is 2.19. The summed E-state index contributed by atoms with van der Waals surface area (Å²) in [6.07, 6.45) is 6.49. The molecule has 0 unspecified atom stereocenters. The molecule has 0 spiro atoms. The predicted octanol–water partition coefficient (Wildman–Crippen LogP) is 10.4. The van der Waals surface area contributed by atoms with Crippen molar-refractivity contribution in [2.45, 2.75) is 0 Å². The van der Waals surface area contributed by atoms with E-state index in [1.54, 1.807) is 73.3 Å². The largest absolute Gasteiger partial charge is 0.506 e. The zero-order valence-electron chi connectivity index (χ0n) is 25.1. The maximum Gasteiger partial charge on any atom is 0.141 e. The Hall–Kier alpha value is -4.24. The molecule has 0 aliphatic carbocycles. The van der Waals surface area contributed by atoms with E-state index in [9.17, 15) is 20.4 Å². The number of hydrogen-bond acceptors (Lipinski definition) is 8. The molecule has 4 heterocycles. The van der Waals surface area contributed by atoms with Gasteiger partial charge < -0.3 is 20.4 Å². The normalized spacial score (nSPS) is 10.2. The van der Waals surface area contributed by atoms with Crippen LogP contribution in [0.25, 0.3) is 43.6 Å². The monoisotopic (exact) mass is 806 g/mol. The molecule has 0 aliphatic rings. The van der Waals surface area contributed by atoms with Gasteiger partial charge in [-0.15, -0.1) is 0 Å². The van der Waals surface area contributed by atoms with Gasteiger partial charge in [-0.1, -0.05) is 46.4 Å². The molecular formula is C36H24Cl4N4O4Zr. The van der Waals surface area contributed by atoms with E-state index in [0.29, 0.717) is 42.2 Å². The average Bonchev–Trinajstić information content (AvgIpc) is 3.13. The number of pyridine rings is 4. The fourth-order valence-electron chi connectivity index (χ4n) is 4.49.